The second kappa shape index (κ2) is 7.36. The van der Waals surface area contributed by atoms with Crippen molar-refractivity contribution < 1.29 is 0 Å². The highest BCUT2D eigenvalue weighted by Crippen LogP contribution is 2.43. The van der Waals surface area contributed by atoms with Crippen molar-refractivity contribution in [3.8, 4) is 0 Å². The van der Waals surface area contributed by atoms with E-state index in [1.165, 1.54) is 44.1 Å². The first-order chi connectivity index (χ1) is 11.8. The van der Waals surface area contributed by atoms with Gasteiger partial charge >= 0.3 is 0 Å². The maximum absolute atomic E-state index is 4.60. The highest BCUT2D eigenvalue weighted by Gasteiger charge is 2.34. The van der Waals surface area contributed by atoms with Gasteiger partial charge in [-0.25, -0.2) is 9.97 Å². The fourth-order valence-electron chi connectivity index (χ4n) is 4.28. The smallest absolute Gasteiger partial charge is 0.225 e. The molecule has 0 unspecified atom stereocenters. The van der Waals surface area contributed by atoms with Gasteiger partial charge in [-0.2, -0.15) is 0 Å². The number of likely N-dealkylation sites (N-methyl/N-ethyl adjacent to an activating group) is 1. The lowest BCUT2D eigenvalue weighted by molar-refractivity contribution is 0.260. The fraction of sp³-hybridized carbons (Fsp3) is 0.789. The zero-order valence-electron chi connectivity index (χ0n) is 15.0. The van der Waals surface area contributed by atoms with Crippen molar-refractivity contribution in [1.29, 1.82) is 0 Å². The number of hydrogen-bond acceptors (Lipinski definition) is 5. The first-order valence-corrected chi connectivity index (χ1v) is 9.76. The summed E-state index contributed by atoms with van der Waals surface area (Å²) in [6, 6.07) is 0.696. The topological polar surface area (TPSA) is 44.3 Å². The molecule has 2 atom stereocenters. The Bertz CT molecular complexity index is 519. The van der Waals surface area contributed by atoms with Crippen molar-refractivity contribution in [3.63, 3.8) is 0 Å². The van der Waals surface area contributed by atoms with Gasteiger partial charge in [0.25, 0.3) is 0 Å². The van der Waals surface area contributed by atoms with Gasteiger partial charge in [0.15, 0.2) is 0 Å². The third kappa shape index (κ3) is 4.06. The van der Waals surface area contributed by atoms with E-state index in [0.717, 1.165) is 50.5 Å². The van der Waals surface area contributed by atoms with Crippen molar-refractivity contribution in [2.24, 2.45) is 11.8 Å². The fourth-order valence-corrected chi connectivity index (χ4v) is 4.28. The number of nitrogens with one attached hydrogen (secondary N) is 1. The summed E-state index contributed by atoms with van der Waals surface area (Å²) < 4.78 is 0. The van der Waals surface area contributed by atoms with E-state index in [1.807, 2.05) is 12.4 Å². The molecule has 24 heavy (non-hydrogen) atoms. The Morgan fingerprint density at radius 1 is 1.00 bits per heavy atom. The molecule has 0 radical (unpaired) electrons. The van der Waals surface area contributed by atoms with E-state index in [0.29, 0.717) is 6.04 Å². The lowest BCUT2D eigenvalue weighted by Gasteiger charge is -2.32. The molecule has 2 aliphatic carbocycles. The van der Waals surface area contributed by atoms with Crippen molar-refractivity contribution in [1.82, 2.24) is 20.2 Å². The number of aromatic nitrogens is 2. The van der Waals surface area contributed by atoms with Crippen LogP contribution in [0.3, 0.4) is 0 Å². The van der Waals surface area contributed by atoms with Crippen molar-refractivity contribution in [2.75, 3.05) is 38.1 Å². The number of nitrogens with zero attached hydrogens (tertiary/aromatic N) is 4. The Kier molecular flexibility index (Phi) is 4.99. The summed E-state index contributed by atoms with van der Waals surface area (Å²) in [4.78, 5) is 13.8. The standard InChI is InChI=1S/C19H31N5/c1-23-7-9-24(10-8-23)19-21-13-15(14-22-19)12-20-18-4-2-3-17(11-18)16-5-6-16/h13-14,16-18,20H,2-12H2,1H3/t17-,18-/m1/s1. The number of anilines is 1. The molecule has 5 nitrogen and oxygen atoms in total. The highest BCUT2D eigenvalue weighted by molar-refractivity contribution is 5.30. The Labute approximate surface area is 145 Å². The summed E-state index contributed by atoms with van der Waals surface area (Å²) >= 11 is 0. The van der Waals surface area contributed by atoms with Gasteiger partial charge in [-0.3, -0.25) is 0 Å². The van der Waals surface area contributed by atoms with Gasteiger partial charge in [0, 0.05) is 56.7 Å². The lowest BCUT2D eigenvalue weighted by atomic mass is 9.82. The summed E-state index contributed by atoms with van der Waals surface area (Å²) in [6.45, 7) is 5.15. The third-order valence-corrected chi connectivity index (χ3v) is 6.08. The molecule has 1 saturated heterocycles. The zero-order chi connectivity index (χ0) is 16.4. The molecule has 0 amide bonds. The van der Waals surface area contributed by atoms with E-state index in [4.69, 9.17) is 0 Å². The average molecular weight is 329 g/mol. The van der Waals surface area contributed by atoms with Crippen LogP contribution in [-0.2, 0) is 6.54 Å². The van der Waals surface area contributed by atoms with E-state index >= 15 is 0 Å². The van der Waals surface area contributed by atoms with Crippen LogP contribution >= 0.6 is 0 Å². The number of rotatable bonds is 5. The molecule has 1 aromatic heterocycles. The van der Waals surface area contributed by atoms with Crippen LogP contribution in [0.25, 0.3) is 0 Å². The predicted octanol–water partition coefficient (Wildman–Crippen LogP) is 2.29. The average Bonchev–Trinajstić information content (AvgIpc) is 3.47. The molecular formula is C19H31N5. The van der Waals surface area contributed by atoms with Gasteiger partial charge in [0.2, 0.25) is 5.95 Å². The van der Waals surface area contributed by atoms with Crippen LogP contribution in [0.4, 0.5) is 5.95 Å². The molecule has 0 spiro atoms. The molecule has 4 rings (SSSR count). The first-order valence-electron chi connectivity index (χ1n) is 9.76. The SMILES string of the molecule is CN1CCN(c2ncc(CN[C@@H]3CCC[C@@H](C4CC4)C3)cn2)CC1. The Hall–Kier alpha value is -1.20. The number of hydrogen-bond donors (Lipinski definition) is 1. The third-order valence-electron chi connectivity index (χ3n) is 6.08. The van der Waals surface area contributed by atoms with Crippen LogP contribution in [0.1, 0.15) is 44.1 Å². The van der Waals surface area contributed by atoms with E-state index in [-0.39, 0.29) is 0 Å². The monoisotopic (exact) mass is 329 g/mol. The summed E-state index contributed by atoms with van der Waals surface area (Å²) in [5.74, 6) is 2.94. The molecule has 1 aliphatic heterocycles. The van der Waals surface area contributed by atoms with E-state index in [1.54, 1.807) is 0 Å². The molecule has 2 heterocycles. The van der Waals surface area contributed by atoms with Crippen molar-refractivity contribution in [2.45, 2.75) is 51.1 Å². The molecule has 2 saturated carbocycles. The van der Waals surface area contributed by atoms with Crippen LogP contribution in [0.15, 0.2) is 12.4 Å². The van der Waals surface area contributed by atoms with Crippen LogP contribution in [-0.4, -0.2) is 54.1 Å². The molecule has 132 valence electrons. The maximum Gasteiger partial charge on any atom is 0.225 e. The van der Waals surface area contributed by atoms with Crippen LogP contribution in [0.2, 0.25) is 0 Å². The zero-order valence-corrected chi connectivity index (χ0v) is 15.0. The molecule has 3 aliphatic rings. The predicted molar refractivity (Wildman–Crippen MR) is 97.1 cm³/mol. The summed E-state index contributed by atoms with van der Waals surface area (Å²) in [5.41, 5.74) is 1.21. The van der Waals surface area contributed by atoms with E-state index in [9.17, 15) is 0 Å². The normalized spacial score (nSPS) is 29.0. The van der Waals surface area contributed by atoms with Crippen LogP contribution in [0, 0.1) is 11.8 Å². The van der Waals surface area contributed by atoms with Gasteiger partial charge in [-0.1, -0.05) is 12.8 Å². The molecule has 0 bridgehead atoms. The van der Waals surface area contributed by atoms with E-state index in [2.05, 4.69) is 32.1 Å². The second-order valence-corrected chi connectivity index (χ2v) is 8.02. The van der Waals surface area contributed by atoms with E-state index < -0.39 is 0 Å². The van der Waals surface area contributed by atoms with Gasteiger partial charge in [0.1, 0.15) is 0 Å². The Morgan fingerprint density at radius 3 is 2.46 bits per heavy atom. The largest absolute Gasteiger partial charge is 0.338 e. The summed E-state index contributed by atoms with van der Waals surface area (Å²) in [7, 11) is 2.17. The van der Waals surface area contributed by atoms with Crippen LogP contribution in [0.5, 0.6) is 0 Å². The molecule has 0 aromatic carbocycles. The summed E-state index contributed by atoms with van der Waals surface area (Å²) in [5, 5.41) is 3.76. The quantitative estimate of drug-likeness (QED) is 0.898. The maximum atomic E-state index is 4.60. The van der Waals surface area contributed by atoms with Crippen molar-refractivity contribution >= 4 is 5.95 Å². The lowest BCUT2D eigenvalue weighted by Crippen LogP contribution is -2.45. The highest BCUT2D eigenvalue weighted by atomic mass is 15.3. The first kappa shape index (κ1) is 16.3. The van der Waals surface area contributed by atoms with Gasteiger partial charge in [0.05, 0.1) is 0 Å². The minimum Gasteiger partial charge on any atom is -0.338 e. The minimum absolute atomic E-state index is 0.696. The van der Waals surface area contributed by atoms with Gasteiger partial charge in [-0.15, -0.1) is 0 Å². The Balaban J connectivity index is 1.26. The molecule has 3 fully saturated rings. The van der Waals surface area contributed by atoms with Gasteiger partial charge < -0.3 is 15.1 Å². The molecule has 1 N–H and O–H groups in total. The van der Waals surface area contributed by atoms with Gasteiger partial charge in [-0.05, 0) is 44.6 Å². The number of piperazine rings is 1. The molecular weight excluding hydrogens is 298 g/mol. The second-order valence-electron chi connectivity index (χ2n) is 8.02. The molecule has 1 aromatic rings. The van der Waals surface area contributed by atoms with Crippen LogP contribution < -0.4 is 10.2 Å². The van der Waals surface area contributed by atoms with Crippen molar-refractivity contribution in [3.05, 3.63) is 18.0 Å². The molecule has 5 heteroatoms. The summed E-state index contributed by atoms with van der Waals surface area (Å²) in [6.07, 6.45) is 12.6. The minimum atomic E-state index is 0.696. The Morgan fingerprint density at radius 2 is 1.75 bits per heavy atom.